The predicted octanol–water partition coefficient (Wildman–Crippen LogP) is 3.97. The predicted molar refractivity (Wildman–Crippen MR) is 77.7 cm³/mol. The van der Waals surface area contributed by atoms with Crippen LogP contribution >= 0.6 is 54.5 Å². The van der Waals surface area contributed by atoms with E-state index in [2.05, 4.69) is 42.2 Å². The van der Waals surface area contributed by atoms with Crippen LogP contribution in [0.3, 0.4) is 0 Å². The minimum absolute atomic E-state index is 0.0609. The van der Waals surface area contributed by atoms with E-state index in [1.807, 2.05) is 13.0 Å². The summed E-state index contributed by atoms with van der Waals surface area (Å²) in [5.41, 5.74) is 2.76. The van der Waals surface area contributed by atoms with Crippen LogP contribution in [0.25, 0.3) is 0 Å². The highest BCUT2D eigenvalue weighted by atomic mass is 79.9. The normalized spacial score (nSPS) is 10.5. The first-order chi connectivity index (χ1) is 8.08. The first-order valence-electron chi connectivity index (χ1n) is 4.70. The summed E-state index contributed by atoms with van der Waals surface area (Å²) >= 11 is 9.69. The highest BCUT2D eigenvalue weighted by Gasteiger charge is 2.12. The minimum atomic E-state index is -0.0609. The molecule has 0 saturated carbocycles. The summed E-state index contributed by atoms with van der Waals surface area (Å²) in [7, 11) is 0. The Balaban J connectivity index is 2.00. The van der Waals surface area contributed by atoms with Gasteiger partial charge in [0, 0.05) is 9.35 Å². The van der Waals surface area contributed by atoms with Crippen LogP contribution in [0.1, 0.15) is 20.2 Å². The van der Waals surface area contributed by atoms with Crippen LogP contribution in [0.15, 0.2) is 19.8 Å². The molecule has 0 bridgehead atoms. The van der Waals surface area contributed by atoms with Crippen LogP contribution in [0.5, 0.6) is 0 Å². The van der Waals surface area contributed by atoms with Crippen molar-refractivity contribution >= 4 is 60.4 Å². The Kier molecular flexibility index (Phi) is 4.35. The molecule has 0 aliphatic rings. The number of aryl methyl sites for hydroxylation is 1. The maximum Gasteiger partial charge on any atom is 0.261 e. The smallest absolute Gasteiger partial charge is 0.261 e. The van der Waals surface area contributed by atoms with Crippen molar-refractivity contribution in [1.82, 2.24) is 10.3 Å². The number of aromatic nitrogens is 1. The van der Waals surface area contributed by atoms with Gasteiger partial charge in [-0.2, -0.15) is 0 Å². The Morgan fingerprint density at radius 2 is 2.29 bits per heavy atom. The molecule has 1 N–H and O–H groups in total. The molecule has 0 unspecified atom stereocenters. The van der Waals surface area contributed by atoms with Gasteiger partial charge in [0.05, 0.1) is 26.4 Å². The number of halogens is 2. The van der Waals surface area contributed by atoms with Gasteiger partial charge in [0.25, 0.3) is 5.91 Å². The average Bonchev–Trinajstić information content (AvgIpc) is 2.83. The van der Waals surface area contributed by atoms with E-state index in [-0.39, 0.29) is 5.91 Å². The van der Waals surface area contributed by atoms with Gasteiger partial charge in [-0.3, -0.25) is 4.79 Å². The summed E-state index contributed by atoms with van der Waals surface area (Å²) in [6.45, 7) is 2.47. The molecule has 7 heteroatoms. The fourth-order valence-corrected chi connectivity index (χ4v) is 3.87. The second-order valence-corrected chi connectivity index (χ2v) is 7.44. The van der Waals surface area contributed by atoms with Gasteiger partial charge in [-0.1, -0.05) is 0 Å². The molecular weight excluding hydrogens is 388 g/mol. The number of hydrogen-bond acceptors (Lipinski definition) is 4. The third-order valence-corrected chi connectivity index (χ3v) is 6.31. The van der Waals surface area contributed by atoms with Crippen molar-refractivity contribution in [2.75, 3.05) is 0 Å². The zero-order valence-corrected chi connectivity index (χ0v) is 13.6. The number of hydrogen-bond donors (Lipinski definition) is 1. The molecule has 0 aliphatic carbocycles. The number of thiophene rings is 1. The molecule has 0 spiro atoms. The molecule has 0 fully saturated rings. The van der Waals surface area contributed by atoms with Crippen LogP contribution in [-0.2, 0) is 6.54 Å². The van der Waals surface area contributed by atoms with E-state index in [0.717, 1.165) is 18.8 Å². The summed E-state index contributed by atoms with van der Waals surface area (Å²) in [6, 6.07) is 1.81. The Morgan fingerprint density at radius 3 is 2.82 bits per heavy atom. The molecule has 0 saturated heterocycles. The molecule has 2 rings (SSSR count). The quantitative estimate of drug-likeness (QED) is 0.854. The molecule has 0 atom stereocenters. The second-order valence-electron chi connectivity index (χ2n) is 3.28. The topological polar surface area (TPSA) is 42.0 Å². The number of rotatable bonds is 3. The van der Waals surface area contributed by atoms with Crippen LogP contribution in [0, 0.1) is 6.92 Å². The molecule has 0 radical (unpaired) electrons. The SMILES string of the molecule is Cc1ncsc1CNC(=O)c1cc(Br)c(Br)s1. The highest BCUT2D eigenvalue weighted by Crippen LogP contribution is 2.32. The van der Waals surface area contributed by atoms with Gasteiger partial charge in [-0.15, -0.1) is 22.7 Å². The Hall–Kier alpha value is -0.240. The van der Waals surface area contributed by atoms with E-state index in [4.69, 9.17) is 0 Å². The van der Waals surface area contributed by atoms with Gasteiger partial charge in [0.2, 0.25) is 0 Å². The van der Waals surface area contributed by atoms with E-state index in [1.165, 1.54) is 11.3 Å². The van der Waals surface area contributed by atoms with Crippen molar-refractivity contribution in [3.05, 3.63) is 35.3 Å². The zero-order valence-electron chi connectivity index (χ0n) is 8.79. The van der Waals surface area contributed by atoms with Crippen LogP contribution < -0.4 is 5.32 Å². The third kappa shape index (κ3) is 3.15. The first-order valence-corrected chi connectivity index (χ1v) is 7.98. The molecule has 2 aromatic rings. The van der Waals surface area contributed by atoms with Crippen molar-refractivity contribution in [3.8, 4) is 0 Å². The van der Waals surface area contributed by atoms with Crippen molar-refractivity contribution in [3.63, 3.8) is 0 Å². The molecule has 0 aliphatic heterocycles. The summed E-state index contributed by atoms with van der Waals surface area (Å²) < 4.78 is 1.83. The summed E-state index contributed by atoms with van der Waals surface area (Å²) in [6.07, 6.45) is 0. The second kappa shape index (κ2) is 5.60. The summed E-state index contributed by atoms with van der Waals surface area (Å²) in [5, 5.41) is 2.88. The largest absolute Gasteiger partial charge is 0.346 e. The van der Waals surface area contributed by atoms with Gasteiger partial charge in [0.1, 0.15) is 0 Å². The molecule has 2 aromatic heterocycles. The first kappa shape index (κ1) is 13.2. The summed E-state index contributed by atoms with van der Waals surface area (Å²) in [4.78, 5) is 17.8. The zero-order chi connectivity index (χ0) is 12.4. The van der Waals surface area contributed by atoms with Crippen molar-refractivity contribution in [1.29, 1.82) is 0 Å². The van der Waals surface area contributed by atoms with Crippen molar-refractivity contribution in [2.24, 2.45) is 0 Å². The lowest BCUT2D eigenvalue weighted by molar-refractivity contribution is 0.0955. The maximum absolute atomic E-state index is 11.9. The van der Waals surface area contributed by atoms with E-state index >= 15 is 0 Å². The van der Waals surface area contributed by atoms with Gasteiger partial charge in [-0.05, 0) is 44.8 Å². The van der Waals surface area contributed by atoms with Gasteiger partial charge in [-0.25, -0.2) is 4.98 Å². The number of carbonyl (C=O) groups excluding carboxylic acids is 1. The summed E-state index contributed by atoms with van der Waals surface area (Å²) in [5.74, 6) is -0.0609. The average molecular weight is 396 g/mol. The molecule has 90 valence electrons. The maximum atomic E-state index is 11.9. The molecule has 0 aromatic carbocycles. The monoisotopic (exact) mass is 394 g/mol. The number of nitrogens with one attached hydrogen (secondary N) is 1. The lowest BCUT2D eigenvalue weighted by Gasteiger charge is -2.01. The number of amides is 1. The standard InChI is InChI=1S/C10H8Br2N2OS2/c1-5-8(16-4-14-5)3-13-10(15)7-2-6(11)9(12)17-7/h2,4H,3H2,1H3,(H,13,15). The molecule has 2 heterocycles. The lowest BCUT2D eigenvalue weighted by atomic mass is 10.4. The van der Waals surface area contributed by atoms with Crippen LogP contribution in [-0.4, -0.2) is 10.9 Å². The number of nitrogens with zero attached hydrogens (tertiary/aromatic N) is 1. The van der Waals surface area contributed by atoms with Crippen molar-refractivity contribution < 1.29 is 4.79 Å². The molecule has 17 heavy (non-hydrogen) atoms. The number of thiazole rings is 1. The number of carbonyl (C=O) groups is 1. The molecule has 1 amide bonds. The van der Waals surface area contributed by atoms with E-state index < -0.39 is 0 Å². The molecule has 3 nitrogen and oxygen atoms in total. The lowest BCUT2D eigenvalue weighted by Crippen LogP contribution is -2.21. The van der Waals surface area contributed by atoms with Crippen LogP contribution in [0.4, 0.5) is 0 Å². The van der Waals surface area contributed by atoms with Gasteiger partial charge >= 0.3 is 0 Å². The van der Waals surface area contributed by atoms with Gasteiger partial charge in [0.15, 0.2) is 0 Å². The molecular formula is C10H8Br2N2OS2. The Labute approximate surface area is 124 Å². The van der Waals surface area contributed by atoms with Gasteiger partial charge < -0.3 is 5.32 Å². The Morgan fingerprint density at radius 1 is 1.53 bits per heavy atom. The fraction of sp³-hybridized carbons (Fsp3) is 0.200. The highest BCUT2D eigenvalue weighted by molar-refractivity contribution is 9.13. The fourth-order valence-electron chi connectivity index (χ4n) is 1.20. The van der Waals surface area contributed by atoms with Crippen LogP contribution in [0.2, 0.25) is 0 Å². The third-order valence-electron chi connectivity index (χ3n) is 2.12. The van der Waals surface area contributed by atoms with Crippen molar-refractivity contribution in [2.45, 2.75) is 13.5 Å². The van der Waals surface area contributed by atoms with E-state index in [1.54, 1.807) is 16.8 Å². The van der Waals surface area contributed by atoms with E-state index in [9.17, 15) is 4.79 Å². The van der Waals surface area contributed by atoms with E-state index in [0.29, 0.717) is 11.4 Å². The Bertz CT molecular complexity index is 531. The minimum Gasteiger partial charge on any atom is -0.346 e.